The molecule has 16 heavy (non-hydrogen) atoms. The second kappa shape index (κ2) is 7.23. The lowest BCUT2D eigenvalue weighted by atomic mass is 10.3. The molecule has 0 aromatic carbocycles. The van der Waals surface area contributed by atoms with Crippen molar-refractivity contribution in [3.8, 4) is 0 Å². The van der Waals surface area contributed by atoms with Gasteiger partial charge in [-0.2, -0.15) is 0 Å². The fraction of sp³-hybridized carbons (Fsp3) is 0.818. The van der Waals surface area contributed by atoms with Crippen LogP contribution in [-0.4, -0.2) is 31.6 Å². The van der Waals surface area contributed by atoms with Crippen molar-refractivity contribution in [3.63, 3.8) is 0 Å². The third kappa shape index (κ3) is 8.05. The lowest BCUT2D eigenvalue weighted by molar-refractivity contribution is 0.00555. The summed E-state index contributed by atoms with van der Waals surface area (Å²) >= 11 is 0. The molecule has 0 N–H and O–H groups in total. The molecule has 0 amide bonds. The summed E-state index contributed by atoms with van der Waals surface area (Å²) in [5.41, 5.74) is 0. The van der Waals surface area contributed by atoms with Crippen LogP contribution in [0.25, 0.3) is 0 Å². The predicted molar refractivity (Wildman–Crippen MR) is 65.9 cm³/mol. The van der Waals surface area contributed by atoms with Crippen molar-refractivity contribution in [2.45, 2.75) is 46.0 Å². The molecular weight excluding hydrogens is 227 g/mol. The SMILES string of the molecule is C=C[C@H](COP(C)(=O)OC(C)C)OC(C)C. The van der Waals surface area contributed by atoms with E-state index >= 15 is 0 Å². The van der Waals surface area contributed by atoms with Crippen LogP contribution in [0.2, 0.25) is 0 Å². The number of ether oxygens (including phenoxy) is 1. The van der Waals surface area contributed by atoms with Gasteiger partial charge in [-0.1, -0.05) is 6.08 Å². The van der Waals surface area contributed by atoms with Gasteiger partial charge >= 0.3 is 7.60 Å². The highest BCUT2D eigenvalue weighted by Crippen LogP contribution is 2.45. The molecule has 0 aliphatic heterocycles. The first-order valence-corrected chi connectivity index (χ1v) is 7.44. The molecule has 5 heteroatoms. The van der Waals surface area contributed by atoms with Crippen LogP contribution in [0.5, 0.6) is 0 Å². The summed E-state index contributed by atoms with van der Waals surface area (Å²) in [6.07, 6.45) is 1.33. The molecule has 0 aliphatic rings. The second-order valence-electron chi connectivity index (χ2n) is 4.18. The van der Waals surface area contributed by atoms with E-state index in [1.807, 2.05) is 27.7 Å². The zero-order valence-electron chi connectivity index (χ0n) is 10.8. The van der Waals surface area contributed by atoms with Gasteiger partial charge in [-0.3, -0.25) is 4.57 Å². The van der Waals surface area contributed by atoms with Gasteiger partial charge in [-0.05, 0) is 27.7 Å². The van der Waals surface area contributed by atoms with Crippen molar-refractivity contribution in [1.29, 1.82) is 0 Å². The highest BCUT2D eigenvalue weighted by molar-refractivity contribution is 7.53. The Balaban J connectivity index is 4.09. The monoisotopic (exact) mass is 250 g/mol. The highest BCUT2D eigenvalue weighted by Gasteiger charge is 2.20. The quantitative estimate of drug-likeness (QED) is 0.490. The van der Waals surface area contributed by atoms with Gasteiger partial charge in [-0.15, -0.1) is 6.58 Å². The van der Waals surface area contributed by atoms with Crippen LogP contribution in [0.1, 0.15) is 27.7 Å². The van der Waals surface area contributed by atoms with Crippen LogP contribution in [-0.2, 0) is 18.3 Å². The van der Waals surface area contributed by atoms with Crippen molar-refractivity contribution >= 4 is 7.60 Å². The van der Waals surface area contributed by atoms with Crippen molar-refractivity contribution < 1.29 is 18.3 Å². The Morgan fingerprint density at radius 1 is 1.25 bits per heavy atom. The van der Waals surface area contributed by atoms with Crippen molar-refractivity contribution in [1.82, 2.24) is 0 Å². The molecule has 96 valence electrons. The lowest BCUT2D eigenvalue weighted by Gasteiger charge is -2.21. The zero-order chi connectivity index (χ0) is 12.8. The summed E-state index contributed by atoms with van der Waals surface area (Å²) in [6.45, 7) is 12.8. The van der Waals surface area contributed by atoms with Crippen molar-refractivity contribution in [2.24, 2.45) is 0 Å². The maximum absolute atomic E-state index is 11.8. The Kier molecular flexibility index (Phi) is 7.16. The fourth-order valence-electron chi connectivity index (χ4n) is 1.13. The molecule has 4 nitrogen and oxygen atoms in total. The van der Waals surface area contributed by atoms with E-state index in [4.69, 9.17) is 13.8 Å². The van der Waals surface area contributed by atoms with E-state index in [1.165, 1.54) is 6.66 Å². The Labute approximate surface area is 98.5 Å². The Morgan fingerprint density at radius 2 is 1.81 bits per heavy atom. The van der Waals surface area contributed by atoms with Crippen molar-refractivity contribution in [2.75, 3.05) is 13.3 Å². The van der Waals surface area contributed by atoms with E-state index in [0.717, 1.165) is 0 Å². The predicted octanol–water partition coefficient (Wildman–Crippen LogP) is 3.23. The molecule has 0 aromatic heterocycles. The average molecular weight is 250 g/mol. The van der Waals surface area contributed by atoms with Crippen molar-refractivity contribution in [3.05, 3.63) is 12.7 Å². The molecular formula is C11H23O4P. The topological polar surface area (TPSA) is 44.8 Å². The molecule has 2 atom stereocenters. The summed E-state index contributed by atoms with van der Waals surface area (Å²) in [7, 11) is -2.99. The molecule has 0 fully saturated rings. The van der Waals surface area contributed by atoms with Crippen LogP contribution in [0.15, 0.2) is 12.7 Å². The molecule has 0 bridgehead atoms. The fourth-order valence-corrected chi connectivity index (χ4v) is 2.38. The van der Waals surface area contributed by atoms with Gasteiger partial charge in [0.25, 0.3) is 0 Å². The van der Waals surface area contributed by atoms with Gasteiger partial charge in [-0.25, -0.2) is 0 Å². The maximum Gasteiger partial charge on any atom is 0.327 e. The second-order valence-corrected chi connectivity index (χ2v) is 6.19. The molecule has 0 saturated heterocycles. The molecule has 0 heterocycles. The van der Waals surface area contributed by atoms with Gasteiger partial charge in [0.05, 0.1) is 24.9 Å². The summed E-state index contributed by atoms with van der Waals surface area (Å²) in [6, 6.07) is 0. The van der Waals surface area contributed by atoms with Gasteiger partial charge < -0.3 is 13.8 Å². The Hall–Kier alpha value is -0.150. The minimum Gasteiger partial charge on any atom is -0.369 e. The van der Waals surface area contributed by atoms with E-state index < -0.39 is 7.60 Å². The normalized spacial score (nSPS) is 17.4. The minimum absolute atomic E-state index is 0.0776. The summed E-state index contributed by atoms with van der Waals surface area (Å²) in [4.78, 5) is 0. The van der Waals surface area contributed by atoms with Crippen LogP contribution >= 0.6 is 7.60 Å². The zero-order valence-corrected chi connectivity index (χ0v) is 11.7. The first-order chi connectivity index (χ1) is 7.26. The standard InChI is InChI=1S/C11H23O4P/c1-7-11(14-9(2)3)8-13-16(6,12)15-10(4)5/h7,9-11H,1,8H2,2-6H3/t11-,16?/m1/s1. The largest absolute Gasteiger partial charge is 0.369 e. The summed E-state index contributed by atoms with van der Waals surface area (Å²) < 4.78 is 27.7. The lowest BCUT2D eigenvalue weighted by Crippen LogP contribution is -2.21. The number of hydrogen-bond donors (Lipinski definition) is 0. The van der Waals surface area contributed by atoms with E-state index in [0.29, 0.717) is 0 Å². The molecule has 0 rings (SSSR count). The Morgan fingerprint density at radius 3 is 2.19 bits per heavy atom. The molecule has 0 spiro atoms. The average Bonchev–Trinajstić information content (AvgIpc) is 2.09. The third-order valence-electron chi connectivity index (χ3n) is 1.59. The number of rotatable bonds is 8. The summed E-state index contributed by atoms with van der Waals surface area (Å²) in [5, 5.41) is 0. The van der Waals surface area contributed by atoms with Gasteiger partial charge in [0.2, 0.25) is 0 Å². The molecule has 0 aromatic rings. The first-order valence-electron chi connectivity index (χ1n) is 5.45. The van der Waals surface area contributed by atoms with Gasteiger partial charge in [0, 0.05) is 6.66 Å². The third-order valence-corrected chi connectivity index (χ3v) is 3.01. The van der Waals surface area contributed by atoms with Gasteiger partial charge in [0.15, 0.2) is 0 Å². The molecule has 0 saturated carbocycles. The smallest absolute Gasteiger partial charge is 0.327 e. The van der Waals surface area contributed by atoms with Crippen LogP contribution in [0.4, 0.5) is 0 Å². The summed E-state index contributed by atoms with van der Waals surface area (Å²) in [5.74, 6) is 0. The van der Waals surface area contributed by atoms with Gasteiger partial charge in [0.1, 0.15) is 0 Å². The minimum atomic E-state index is -2.99. The molecule has 0 radical (unpaired) electrons. The molecule has 0 aliphatic carbocycles. The van der Waals surface area contributed by atoms with Crippen LogP contribution in [0.3, 0.4) is 0 Å². The van der Waals surface area contributed by atoms with E-state index in [1.54, 1.807) is 6.08 Å². The first kappa shape index (κ1) is 15.9. The van der Waals surface area contributed by atoms with Crippen LogP contribution < -0.4 is 0 Å². The number of hydrogen-bond acceptors (Lipinski definition) is 4. The van der Waals surface area contributed by atoms with Crippen LogP contribution in [0, 0.1) is 0 Å². The van der Waals surface area contributed by atoms with E-state index in [2.05, 4.69) is 6.58 Å². The maximum atomic E-state index is 11.8. The Bertz CT molecular complexity index is 250. The highest BCUT2D eigenvalue weighted by atomic mass is 31.2. The molecule has 1 unspecified atom stereocenters. The van der Waals surface area contributed by atoms with E-state index in [9.17, 15) is 4.57 Å². The van der Waals surface area contributed by atoms with E-state index in [-0.39, 0.29) is 24.9 Å².